The van der Waals surface area contributed by atoms with E-state index in [0.717, 1.165) is 18.8 Å². The lowest BCUT2D eigenvalue weighted by Gasteiger charge is -2.19. The Morgan fingerprint density at radius 2 is 2.12 bits per heavy atom. The quantitative estimate of drug-likeness (QED) is 0.842. The van der Waals surface area contributed by atoms with Crippen LogP contribution in [0.2, 0.25) is 0 Å². The third kappa shape index (κ3) is 3.45. The molecule has 1 saturated heterocycles. The molecule has 17 heavy (non-hydrogen) atoms. The second kappa shape index (κ2) is 6.03. The Balaban J connectivity index is 1.73. The van der Waals surface area contributed by atoms with Gasteiger partial charge in [-0.1, -0.05) is 12.1 Å². The summed E-state index contributed by atoms with van der Waals surface area (Å²) in [6, 6.07) is 8.97. The van der Waals surface area contributed by atoms with Crippen LogP contribution in [0.1, 0.15) is 18.4 Å². The van der Waals surface area contributed by atoms with Gasteiger partial charge in [-0.15, -0.1) is 0 Å². The molecule has 0 radical (unpaired) electrons. The van der Waals surface area contributed by atoms with Crippen molar-refractivity contribution in [2.75, 3.05) is 27.2 Å². The van der Waals surface area contributed by atoms with E-state index in [1.54, 1.807) is 7.11 Å². The lowest BCUT2D eigenvalue weighted by Crippen LogP contribution is -2.35. The summed E-state index contributed by atoms with van der Waals surface area (Å²) in [4.78, 5) is 2.45. The Morgan fingerprint density at radius 1 is 1.35 bits per heavy atom. The van der Waals surface area contributed by atoms with Crippen LogP contribution in [0, 0.1) is 0 Å². The van der Waals surface area contributed by atoms with Crippen molar-refractivity contribution in [3.63, 3.8) is 0 Å². The molecule has 1 aromatic rings. The molecule has 0 saturated carbocycles. The van der Waals surface area contributed by atoms with Crippen LogP contribution in [0.3, 0.4) is 0 Å². The summed E-state index contributed by atoms with van der Waals surface area (Å²) in [6.45, 7) is 3.27. The van der Waals surface area contributed by atoms with Gasteiger partial charge in [-0.05, 0) is 44.1 Å². The normalized spacial score (nSPS) is 20.7. The Bertz CT molecular complexity index is 337. The molecule has 1 heterocycles. The molecule has 1 N–H and O–H groups in total. The van der Waals surface area contributed by atoms with Crippen LogP contribution in [0.5, 0.6) is 5.75 Å². The van der Waals surface area contributed by atoms with Crippen LogP contribution < -0.4 is 10.1 Å². The van der Waals surface area contributed by atoms with Gasteiger partial charge in [-0.2, -0.15) is 0 Å². The van der Waals surface area contributed by atoms with Gasteiger partial charge in [0.05, 0.1) is 7.11 Å². The molecular weight excluding hydrogens is 212 g/mol. The first-order chi connectivity index (χ1) is 8.29. The summed E-state index contributed by atoms with van der Waals surface area (Å²) < 4.78 is 5.14. The van der Waals surface area contributed by atoms with Gasteiger partial charge in [-0.3, -0.25) is 0 Å². The van der Waals surface area contributed by atoms with Crippen molar-refractivity contribution in [3.05, 3.63) is 29.8 Å². The molecule has 1 fully saturated rings. The molecule has 1 atom stereocenters. The first kappa shape index (κ1) is 12.4. The van der Waals surface area contributed by atoms with E-state index in [1.807, 2.05) is 12.1 Å². The molecule has 0 bridgehead atoms. The maximum absolute atomic E-state index is 5.14. The Labute approximate surface area is 104 Å². The van der Waals surface area contributed by atoms with Crippen LogP contribution >= 0.6 is 0 Å². The maximum Gasteiger partial charge on any atom is 0.118 e. The molecule has 0 amide bonds. The first-order valence-electron chi connectivity index (χ1n) is 6.33. The molecule has 0 aromatic heterocycles. The summed E-state index contributed by atoms with van der Waals surface area (Å²) >= 11 is 0. The fourth-order valence-electron chi connectivity index (χ4n) is 2.36. The minimum absolute atomic E-state index is 0.716. The van der Waals surface area contributed by atoms with E-state index in [4.69, 9.17) is 4.74 Å². The second-order valence-corrected chi connectivity index (χ2v) is 4.76. The average molecular weight is 234 g/mol. The summed E-state index contributed by atoms with van der Waals surface area (Å²) in [5.41, 5.74) is 1.31. The van der Waals surface area contributed by atoms with E-state index in [2.05, 4.69) is 29.4 Å². The summed E-state index contributed by atoms with van der Waals surface area (Å²) in [6.07, 6.45) is 2.66. The van der Waals surface area contributed by atoms with E-state index in [9.17, 15) is 0 Å². The van der Waals surface area contributed by atoms with Crippen molar-refractivity contribution >= 4 is 0 Å². The molecule has 3 heteroatoms. The molecule has 1 aromatic carbocycles. The van der Waals surface area contributed by atoms with Crippen LogP contribution in [0.25, 0.3) is 0 Å². The number of ether oxygens (including phenoxy) is 1. The van der Waals surface area contributed by atoms with Crippen LogP contribution in [0.4, 0.5) is 0 Å². The molecule has 0 aliphatic carbocycles. The molecular formula is C14H22N2O. The summed E-state index contributed by atoms with van der Waals surface area (Å²) in [5.74, 6) is 0.921. The van der Waals surface area contributed by atoms with Crippen molar-refractivity contribution < 1.29 is 4.74 Å². The fourth-order valence-corrected chi connectivity index (χ4v) is 2.36. The highest BCUT2D eigenvalue weighted by atomic mass is 16.5. The fraction of sp³-hybridized carbons (Fsp3) is 0.571. The number of rotatable bonds is 5. The number of nitrogens with one attached hydrogen (secondary N) is 1. The Kier molecular flexibility index (Phi) is 4.40. The number of methoxy groups -OCH3 is 1. The predicted molar refractivity (Wildman–Crippen MR) is 70.4 cm³/mol. The van der Waals surface area contributed by atoms with Crippen molar-refractivity contribution in [1.29, 1.82) is 0 Å². The average Bonchev–Trinajstić information content (AvgIpc) is 2.76. The largest absolute Gasteiger partial charge is 0.497 e. The molecule has 1 aliphatic heterocycles. The van der Waals surface area contributed by atoms with Gasteiger partial charge in [0.2, 0.25) is 0 Å². The van der Waals surface area contributed by atoms with Gasteiger partial charge >= 0.3 is 0 Å². The molecule has 3 nitrogen and oxygen atoms in total. The van der Waals surface area contributed by atoms with Crippen LogP contribution in [-0.4, -0.2) is 38.2 Å². The van der Waals surface area contributed by atoms with E-state index in [-0.39, 0.29) is 0 Å². The van der Waals surface area contributed by atoms with E-state index in [0.29, 0.717) is 6.04 Å². The third-order valence-electron chi connectivity index (χ3n) is 3.54. The number of likely N-dealkylation sites (N-methyl/N-ethyl adjacent to an activating group) is 1. The van der Waals surface area contributed by atoms with Gasteiger partial charge in [0.25, 0.3) is 0 Å². The minimum atomic E-state index is 0.716. The zero-order chi connectivity index (χ0) is 12.1. The van der Waals surface area contributed by atoms with Crippen LogP contribution in [-0.2, 0) is 6.54 Å². The number of nitrogens with zero attached hydrogens (tertiary/aromatic N) is 1. The van der Waals surface area contributed by atoms with Crippen molar-refractivity contribution in [1.82, 2.24) is 10.2 Å². The van der Waals surface area contributed by atoms with Crippen LogP contribution in [0.15, 0.2) is 24.3 Å². The van der Waals surface area contributed by atoms with Crippen molar-refractivity contribution in [2.24, 2.45) is 0 Å². The first-order valence-corrected chi connectivity index (χ1v) is 6.33. The summed E-state index contributed by atoms with van der Waals surface area (Å²) in [5, 5.41) is 3.53. The molecule has 94 valence electrons. The predicted octanol–water partition coefficient (Wildman–Crippen LogP) is 1.88. The third-order valence-corrected chi connectivity index (χ3v) is 3.54. The zero-order valence-corrected chi connectivity index (χ0v) is 10.8. The van der Waals surface area contributed by atoms with Crippen molar-refractivity contribution in [3.8, 4) is 5.75 Å². The Morgan fingerprint density at radius 3 is 2.71 bits per heavy atom. The van der Waals surface area contributed by atoms with Gasteiger partial charge in [0.15, 0.2) is 0 Å². The summed E-state index contributed by atoms with van der Waals surface area (Å²) in [7, 11) is 3.91. The number of benzene rings is 1. The second-order valence-electron chi connectivity index (χ2n) is 4.76. The van der Waals surface area contributed by atoms with Gasteiger partial charge in [-0.25, -0.2) is 0 Å². The van der Waals surface area contributed by atoms with Crippen molar-refractivity contribution in [2.45, 2.75) is 25.4 Å². The number of likely N-dealkylation sites (tertiary alicyclic amines) is 1. The lowest BCUT2D eigenvalue weighted by atomic mass is 10.2. The zero-order valence-electron chi connectivity index (χ0n) is 10.8. The van der Waals surface area contributed by atoms with Gasteiger partial charge in [0, 0.05) is 19.1 Å². The monoisotopic (exact) mass is 234 g/mol. The van der Waals surface area contributed by atoms with Gasteiger partial charge < -0.3 is 15.0 Å². The smallest absolute Gasteiger partial charge is 0.118 e. The molecule has 2 rings (SSSR count). The number of hydrogen-bond acceptors (Lipinski definition) is 3. The molecule has 1 aliphatic rings. The highest BCUT2D eigenvalue weighted by Crippen LogP contribution is 2.14. The Hall–Kier alpha value is -1.06. The SMILES string of the molecule is COc1ccc(CNCC2CCCN2C)cc1. The molecule has 0 spiro atoms. The van der Waals surface area contributed by atoms with E-state index < -0.39 is 0 Å². The van der Waals surface area contributed by atoms with E-state index in [1.165, 1.54) is 24.9 Å². The van der Waals surface area contributed by atoms with E-state index >= 15 is 0 Å². The highest BCUT2D eigenvalue weighted by Gasteiger charge is 2.19. The minimum Gasteiger partial charge on any atom is -0.497 e. The maximum atomic E-state index is 5.14. The topological polar surface area (TPSA) is 24.5 Å². The standard InChI is InChI=1S/C14H22N2O/c1-16-9-3-4-13(16)11-15-10-12-5-7-14(17-2)8-6-12/h5-8,13,15H,3-4,9-11H2,1-2H3. The highest BCUT2D eigenvalue weighted by molar-refractivity contribution is 5.26. The molecule has 1 unspecified atom stereocenters. The number of hydrogen-bond donors (Lipinski definition) is 1. The lowest BCUT2D eigenvalue weighted by molar-refractivity contribution is 0.300. The van der Waals surface area contributed by atoms with Gasteiger partial charge in [0.1, 0.15) is 5.75 Å².